The van der Waals surface area contributed by atoms with Gasteiger partial charge in [-0.15, -0.1) is 0 Å². The molecule has 1 aliphatic heterocycles. The maximum Gasteiger partial charge on any atom is 0.350 e. The van der Waals surface area contributed by atoms with E-state index in [9.17, 15) is 18.8 Å². The Morgan fingerprint density at radius 3 is 2.74 bits per heavy atom. The number of thiazole rings is 1. The van der Waals surface area contributed by atoms with Crippen molar-refractivity contribution < 1.29 is 27.9 Å². The van der Waals surface area contributed by atoms with E-state index < -0.39 is 11.9 Å². The van der Waals surface area contributed by atoms with Gasteiger partial charge in [0.05, 0.1) is 37.6 Å². The van der Waals surface area contributed by atoms with Gasteiger partial charge in [0, 0.05) is 13.0 Å². The highest BCUT2D eigenvalue weighted by molar-refractivity contribution is 7.17. The molecule has 10 heteroatoms. The summed E-state index contributed by atoms with van der Waals surface area (Å²) in [6.45, 7) is 4.27. The zero-order valence-corrected chi connectivity index (χ0v) is 19.6. The fourth-order valence-corrected chi connectivity index (χ4v) is 4.76. The number of likely N-dealkylation sites (tertiary alicyclic amines) is 1. The number of aromatic nitrogens is 1. The summed E-state index contributed by atoms with van der Waals surface area (Å²) < 4.78 is 23.8. The molecule has 3 aromatic rings. The van der Waals surface area contributed by atoms with Crippen molar-refractivity contribution in [3.8, 4) is 0 Å². The fraction of sp³-hybridized carbons (Fsp3) is 0.333. The van der Waals surface area contributed by atoms with Crippen molar-refractivity contribution in [3.05, 3.63) is 70.4 Å². The number of hydrogen-bond acceptors (Lipinski definition) is 7. The van der Waals surface area contributed by atoms with Gasteiger partial charge in [-0.25, -0.2) is 14.2 Å². The molecule has 2 aromatic heterocycles. The maximum absolute atomic E-state index is 13.6. The normalized spacial score (nSPS) is 15.6. The molecule has 2 amide bonds. The van der Waals surface area contributed by atoms with Crippen LogP contribution in [-0.4, -0.2) is 40.8 Å². The van der Waals surface area contributed by atoms with Gasteiger partial charge in [0.15, 0.2) is 5.13 Å². The van der Waals surface area contributed by atoms with Crippen molar-refractivity contribution in [3.63, 3.8) is 0 Å². The van der Waals surface area contributed by atoms with Gasteiger partial charge in [-0.3, -0.25) is 14.5 Å². The minimum Gasteiger partial charge on any atom is -0.467 e. The summed E-state index contributed by atoms with van der Waals surface area (Å²) in [5.74, 6) is -1.26. The standard InChI is InChI=1S/C24H24FN3O5S/c1-3-32-23(31)21-15(2)26-24(34-21)28(12-16-6-8-18(25)9-7-16)22(30)17-11-20(29)27(13-17)14-19-5-4-10-33-19/h4-10,17H,3,11-14H2,1-2H3. The molecule has 0 spiro atoms. The first-order valence-electron chi connectivity index (χ1n) is 10.9. The van der Waals surface area contributed by atoms with E-state index in [4.69, 9.17) is 9.15 Å². The summed E-state index contributed by atoms with van der Waals surface area (Å²) in [6.07, 6.45) is 1.60. The molecule has 0 saturated carbocycles. The number of aryl methyl sites for hydroxylation is 1. The number of hydrogen-bond donors (Lipinski definition) is 0. The number of benzene rings is 1. The number of furan rings is 1. The average Bonchev–Trinajstić information content (AvgIpc) is 3.54. The molecular formula is C24H24FN3O5S. The minimum absolute atomic E-state index is 0.0640. The van der Waals surface area contributed by atoms with Crippen LogP contribution >= 0.6 is 11.3 Å². The van der Waals surface area contributed by atoms with Crippen molar-refractivity contribution in [1.29, 1.82) is 0 Å². The summed E-state index contributed by atoms with van der Waals surface area (Å²) >= 11 is 1.06. The SMILES string of the molecule is CCOC(=O)c1sc(N(Cc2ccc(F)cc2)C(=O)C2CC(=O)N(Cc3ccco3)C2)nc1C. The Bertz CT molecular complexity index is 1180. The van der Waals surface area contributed by atoms with Gasteiger partial charge >= 0.3 is 5.97 Å². The zero-order chi connectivity index (χ0) is 24.2. The first kappa shape index (κ1) is 23.6. The number of carbonyl (C=O) groups excluding carboxylic acids is 3. The Balaban J connectivity index is 1.59. The molecule has 0 aliphatic carbocycles. The number of nitrogens with zero attached hydrogens (tertiary/aromatic N) is 3. The van der Waals surface area contributed by atoms with Crippen LogP contribution in [0.15, 0.2) is 47.1 Å². The third-order valence-corrected chi connectivity index (χ3v) is 6.65. The maximum atomic E-state index is 13.6. The third kappa shape index (κ3) is 5.17. The second-order valence-corrected chi connectivity index (χ2v) is 8.91. The Morgan fingerprint density at radius 2 is 2.06 bits per heavy atom. The number of rotatable bonds is 8. The van der Waals surface area contributed by atoms with Gasteiger partial charge in [-0.2, -0.15) is 0 Å². The number of amides is 2. The minimum atomic E-state index is -0.585. The van der Waals surface area contributed by atoms with Gasteiger partial charge in [-0.1, -0.05) is 23.5 Å². The van der Waals surface area contributed by atoms with Crippen LogP contribution in [0, 0.1) is 18.7 Å². The Morgan fingerprint density at radius 1 is 1.29 bits per heavy atom. The van der Waals surface area contributed by atoms with Gasteiger partial charge < -0.3 is 14.1 Å². The molecule has 1 fully saturated rings. The highest BCUT2D eigenvalue weighted by Crippen LogP contribution is 2.31. The Kier molecular flexibility index (Phi) is 7.06. The summed E-state index contributed by atoms with van der Waals surface area (Å²) in [7, 11) is 0. The second kappa shape index (κ2) is 10.2. The van der Waals surface area contributed by atoms with Crippen LogP contribution in [0.5, 0.6) is 0 Å². The lowest BCUT2D eigenvalue weighted by molar-refractivity contribution is -0.129. The largest absolute Gasteiger partial charge is 0.467 e. The lowest BCUT2D eigenvalue weighted by Gasteiger charge is -2.23. The molecule has 0 bridgehead atoms. The van der Waals surface area contributed by atoms with Gasteiger partial charge in [0.2, 0.25) is 11.8 Å². The van der Waals surface area contributed by atoms with Crippen molar-refractivity contribution in [2.24, 2.45) is 5.92 Å². The van der Waals surface area contributed by atoms with Crippen molar-refractivity contribution >= 4 is 34.3 Å². The van der Waals surface area contributed by atoms with Gasteiger partial charge in [0.1, 0.15) is 16.5 Å². The quantitative estimate of drug-likeness (QED) is 0.449. The van der Waals surface area contributed by atoms with Crippen molar-refractivity contribution in [1.82, 2.24) is 9.88 Å². The topological polar surface area (TPSA) is 93.0 Å². The molecule has 0 N–H and O–H groups in total. The van der Waals surface area contributed by atoms with E-state index in [0.29, 0.717) is 27.0 Å². The molecule has 1 aliphatic rings. The highest BCUT2D eigenvalue weighted by atomic mass is 32.1. The third-order valence-electron chi connectivity index (χ3n) is 5.49. The molecule has 1 unspecified atom stereocenters. The molecule has 4 rings (SSSR count). The number of ether oxygens (including phenoxy) is 1. The molecule has 3 heterocycles. The number of carbonyl (C=O) groups is 3. The van der Waals surface area contributed by atoms with Crippen molar-refractivity contribution in [2.75, 3.05) is 18.1 Å². The highest BCUT2D eigenvalue weighted by Gasteiger charge is 2.38. The van der Waals surface area contributed by atoms with E-state index in [1.54, 1.807) is 43.0 Å². The average molecular weight is 486 g/mol. The van der Waals surface area contributed by atoms with E-state index in [1.807, 2.05) is 0 Å². The smallest absolute Gasteiger partial charge is 0.350 e. The van der Waals surface area contributed by atoms with E-state index in [0.717, 1.165) is 11.3 Å². The van der Waals surface area contributed by atoms with Gasteiger partial charge in [-0.05, 0) is 43.7 Å². The van der Waals surface area contributed by atoms with Gasteiger partial charge in [0.25, 0.3) is 0 Å². The molecule has 178 valence electrons. The van der Waals surface area contributed by atoms with Crippen LogP contribution < -0.4 is 4.90 Å². The molecule has 1 atom stereocenters. The van der Waals surface area contributed by atoms with E-state index in [2.05, 4.69) is 4.98 Å². The molecule has 0 radical (unpaired) electrons. The van der Waals surface area contributed by atoms with E-state index >= 15 is 0 Å². The number of halogens is 1. The summed E-state index contributed by atoms with van der Waals surface area (Å²) in [4.78, 5) is 46.3. The summed E-state index contributed by atoms with van der Waals surface area (Å²) in [5, 5.41) is 0.326. The van der Waals surface area contributed by atoms with Crippen LogP contribution in [0.2, 0.25) is 0 Å². The van der Waals surface area contributed by atoms with Crippen LogP contribution in [0.3, 0.4) is 0 Å². The first-order valence-corrected chi connectivity index (χ1v) is 11.7. The molecule has 1 saturated heterocycles. The summed E-state index contributed by atoms with van der Waals surface area (Å²) in [5.41, 5.74) is 1.15. The Labute approximate surface area is 199 Å². The number of esters is 1. The molecule has 8 nitrogen and oxygen atoms in total. The van der Waals surface area contributed by atoms with Crippen LogP contribution in [0.1, 0.15) is 40.0 Å². The van der Waals surface area contributed by atoms with Crippen LogP contribution in [-0.2, 0) is 27.4 Å². The van der Waals surface area contributed by atoms with Crippen molar-refractivity contribution in [2.45, 2.75) is 33.4 Å². The lowest BCUT2D eigenvalue weighted by Crippen LogP contribution is -2.37. The van der Waals surface area contributed by atoms with Crippen LogP contribution in [0.4, 0.5) is 9.52 Å². The van der Waals surface area contributed by atoms with E-state index in [-0.39, 0.29) is 50.3 Å². The molecule has 34 heavy (non-hydrogen) atoms. The predicted molar refractivity (Wildman–Crippen MR) is 123 cm³/mol. The second-order valence-electron chi connectivity index (χ2n) is 7.94. The molecular weight excluding hydrogens is 461 g/mol. The predicted octanol–water partition coefficient (Wildman–Crippen LogP) is 3.94. The van der Waals surface area contributed by atoms with E-state index in [1.165, 1.54) is 23.3 Å². The monoisotopic (exact) mass is 485 g/mol. The first-order chi connectivity index (χ1) is 16.4. The lowest BCUT2D eigenvalue weighted by atomic mass is 10.1. The van der Waals surface area contributed by atoms with Crippen LogP contribution in [0.25, 0.3) is 0 Å². The fourth-order valence-electron chi connectivity index (χ4n) is 3.80. The molecule has 1 aromatic carbocycles. The Hall–Kier alpha value is -3.53. The number of anilines is 1. The summed E-state index contributed by atoms with van der Waals surface area (Å²) in [6, 6.07) is 9.34. The zero-order valence-electron chi connectivity index (χ0n) is 18.8.